The minimum Gasteiger partial charge on any atom is -0.357 e. The number of rotatable bonds is 12. The van der Waals surface area contributed by atoms with Crippen molar-refractivity contribution in [1.29, 1.82) is 0 Å². The van der Waals surface area contributed by atoms with Crippen LogP contribution in [0.2, 0.25) is 10.0 Å². The van der Waals surface area contributed by atoms with E-state index in [1.807, 2.05) is 58.0 Å². The molecular weight excluding hydrogens is 647 g/mol. The normalized spacial score (nSPS) is 12.6. The van der Waals surface area contributed by atoms with Gasteiger partial charge in [-0.2, -0.15) is 20.5 Å². The van der Waals surface area contributed by atoms with Crippen molar-refractivity contribution >= 4 is 63.4 Å². The lowest BCUT2D eigenvalue weighted by molar-refractivity contribution is -0.126. The first-order valence-electron chi connectivity index (χ1n) is 15.1. The highest BCUT2D eigenvalue weighted by Gasteiger charge is 2.24. The molecule has 1 amide bonds. The van der Waals surface area contributed by atoms with Crippen molar-refractivity contribution in [2.75, 3.05) is 10.6 Å². The average molecular weight is 684 g/mol. The highest BCUT2D eigenvalue weighted by Crippen LogP contribution is 2.35. The Morgan fingerprint density at radius 1 is 0.625 bits per heavy atom. The van der Waals surface area contributed by atoms with Crippen molar-refractivity contribution in [2.24, 2.45) is 20.5 Å². The van der Waals surface area contributed by atoms with E-state index in [4.69, 9.17) is 23.2 Å². The minimum atomic E-state index is -1.34. The molecule has 4 aromatic carbocycles. The van der Waals surface area contributed by atoms with Crippen LogP contribution in [0.5, 0.6) is 0 Å². The Morgan fingerprint density at radius 2 is 1.06 bits per heavy atom. The van der Waals surface area contributed by atoms with Gasteiger partial charge in [0.25, 0.3) is 5.91 Å². The number of aryl methyl sites for hydroxylation is 4. The molecule has 0 aliphatic carbocycles. The molecule has 0 saturated carbocycles. The maximum absolute atomic E-state index is 12.9. The molecule has 9 nitrogen and oxygen atoms in total. The van der Waals surface area contributed by atoms with Gasteiger partial charge < -0.3 is 10.6 Å². The van der Waals surface area contributed by atoms with E-state index in [0.717, 1.165) is 39.1 Å². The molecule has 4 aromatic rings. The van der Waals surface area contributed by atoms with Gasteiger partial charge in [0.05, 0.1) is 10.0 Å². The Labute approximate surface area is 290 Å². The maximum Gasteiger partial charge on any atom is 0.258 e. The standard InChI is InChI=1S/C37H36Cl2N6O3/c1-20-8-12-31(22(3)16-20)40-24(5)35(25(6)46)44-42-33-14-10-27(18-29(33)38)28-11-15-34(30(39)19-28)43-45-36(26(7)47)37(48)41-32-13-9-21(2)17-23(32)4/h8-19,35-36,40H,5H2,1-4,6-7H3,(H,41,48). The molecule has 246 valence electrons. The van der Waals surface area contributed by atoms with Crippen LogP contribution in [0.25, 0.3) is 11.1 Å². The number of halogens is 2. The topological polar surface area (TPSA) is 125 Å². The predicted molar refractivity (Wildman–Crippen MR) is 193 cm³/mol. The fraction of sp³-hybridized carbons (Fsp3) is 0.216. The number of nitrogens with zero attached hydrogens (tertiary/aromatic N) is 4. The SMILES string of the molecule is C=C(Nc1ccc(C)cc1C)C(N=Nc1ccc(-c2ccc(N=NC(C(C)=O)C(=O)Nc3ccc(C)cc3C)c(Cl)c2)cc1Cl)C(C)=O. The Morgan fingerprint density at radius 3 is 1.48 bits per heavy atom. The number of Topliss-reactive ketones (excluding diaryl/α,β-unsaturated/α-hetero) is 2. The van der Waals surface area contributed by atoms with Crippen molar-refractivity contribution in [1.82, 2.24) is 0 Å². The molecular formula is C37H36Cl2N6O3. The van der Waals surface area contributed by atoms with E-state index in [-0.39, 0.29) is 16.5 Å². The van der Waals surface area contributed by atoms with Crippen LogP contribution in [0.4, 0.5) is 22.7 Å². The summed E-state index contributed by atoms with van der Waals surface area (Å²) in [5.41, 5.74) is 8.01. The number of anilines is 2. The van der Waals surface area contributed by atoms with Crippen molar-refractivity contribution < 1.29 is 14.4 Å². The first-order chi connectivity index (χ1) is 22.7. The molecule has 0 aliphatic heterocycles. The Bertz CT molecular complexity index is 1830. The molecule has 11 heteroatoms. The molecule has 0 heterocycles. The third-order valence-corrected chi connectivity index (χ3v) is 8.06. The second-order valence-electron chi connectivity index (χ2n) is 11.6. The number of hydrogen-bond acceptors (Lipinski definition) is 8. The lowest BCUT2D eigenvalue weighted by Gasteiger charge is -2.16. The molecule has 0 bridgehead atoms. The number of carbonyl (C=O) groups is 3. The van der Waals surface area contributed by atoms with E-state index >= 15 is 0 Å². The number of benzene rings is 4. The molecule has 0 aromatic heterocycles. The second-order valence-corrected chi connectivity index (χ2v) is 12.4. The lowest BCUT2D eigenvalue weighted by Crippen LogP contribution is -2.32. The highest BCUT2D eigenvalue weighted by atomic mass is 35.5. The smallest absolute Gasteiger partial charge is 0.258 e. The third kappa shape index (κ3) is 9.08. The van der Waals surface area contributed by atoms with Crippen molar-refractivity contribution in [3.8, 4) is 11.1 Å². The number of nitrogens with one attached hydrogen (secondary N) is 2. The number of ketones is 2. The molecule has 0 saturated heterocycles. The summed E-state index contributed by atoms with van der Waals surface area (Å²) in [6.07, 6.45) is 0. The molecule has 0 aliphatic rings. The largest absolute Gasteiger partial charge is 0.357 e. The lowest BCUT2D eigenvalue weighted by atomic mass is 10.0. The summed E-state index contributed by atoms with van der Waals surface area (Å²) in [6.45, 7) is 14.5. The van der Waals surface area contributed by atoms with E-state index < -0.39 is 23.8 Å². The van der Waals surface area contributed by atoms with E-state index in [9.17, 15) is 14.4 Å². The third-order valence-electron chi connectivity index (χ3n) is 7.46. The summed E-state index contributed by atoms with van der Waals surface area (Å²) in [4.78, 5) is 37.6. The van der Waals surface area contributed by atoms with Gasteiger partial charge in [-0.1, -0.05) is 77.3 Å². The fourth-order valence-electron chi connectivity index (χ4n) is 4.84. The van der Waals surface area contributed by atoms with Crippen LogP contribution in [-0.2, 0) is 14.4 Å². The van der Waals surface area contributed by atoms with Crippen LogP contribution in [-0.4, -0.2) is 29.6 Å². The predicted octanol–water partition coefficient (Wildman–Crippen LogP) is 10.2. The van der Waals surface area contributed by atoms with Crippen LogP contribution >= 0.6 is 23.2 Å². The Kier molecular flexibility index (Phi) is 11.8. The van der Waals surface area contributed by atoms with Gasteiger partial charge in [0, 0.05) is 17.1 Å². The van der Waals surface area contributed by atoms with E-state index in [2.05, 4.69) is 37.7 Å². The highest BCUT2D eigenvalue weighted by molar-refractivity contribution is 6.34. The van der Waals surface area contributed by atoms with Gasteiger partial charge in [-0.05, 0) is 100 Å². The van der Waals surface area contributed by atoms with E-state index in [1.165, 1.54) is 13.8 Å². The van der Waals surface area contributed by atoms with Gasteiger partial charge >= 0.3 is 0 Å². The zero-order chi connectivity index (χ0) is 35.1. The molecule has 2 atom stereocenters. The van der Waals surface area contributed by atoms with Gasteiger partial charge in [0.15, 0.2) is 17.6 Å². The minimum absolute atomic E-state index is 0.225. The number of hydrogen-bond donors (Lipinski definition) is 2. The van der Waals surface area contributed by atoms with Gasteiger partial charge in [-0.15, -0.1) is 0 Å². The van der Waals surface area contributed by atoms with Crippen LogP contribution in [0, 0.1) is 27.7 Å². The van der Waals surface area contributed by atoms with Gasteiger partial charge in [-0.25, -0.2) is 0 Å². The van der Waals surface area contributed by atoms with E-state index in [0.29, 0.717) is 22.1 Å². The van der Waals surface area contributed by atoms with Crippen molar-refractivity contribution in [2.45, 2.75) is 53.6 Å². The quantitative estimate of drug-likeness (QED) is 0.114. The average Bonchev–Trinajstić information content (AvgIpc) is 3.01. The Balaban J connectivity index is 1.47. The molecule has 2 N–H and O–H groups in total. The summed E-state index contributed by atoms with van der Waals surface area (Å²) in [7, 11) is 0. The van der Waals surface area contributed by atoms with Gasteiger partial charge in [0.2, 0.25) is 6.04 Å². The fourth-order valence-corrected chi connectivity index (χ4v) is 5.28. The molecule has 0 radical (unpaired) electrons. The van der Waals surface area contributed by atoms with Crippen LogP contribution in [0.1, 0.15) is 36.1 Å². The van der Waals surface area contributed by atoms with Crippen molar-refractivity contribution in [3.63, 3.8) is 0 Å². The van der Waals surface area contributed by atoms with Gasteiger partial charge in [0.1, 0.15) is 11.4 Å². The molecule has 0 spiro atoms. The van der Waals surface area contributed by atoms with Crippen LogP contribution in [0.3, 0.4) is 0 Å². The summed E-state index contributed by atoms with van der Waals surface area (Å²) in [6, 6.07) is 19.5. The number of azo groups is 2. The number of amides is 1. The first-order valence-corrected chi connectivity index (χ1v) is 15.8. The first kappa shape index (κ1) is 35.9. The Hall–Kier alpha value is -4.99. The zero-order valence-electron chi connectivity index (χ0n) is 27.6. The summed E-state index contributed by atoms with van der Waals surface area (Å²) < 4.78 is 0. The molecule has 0 fully saturated rings. The summed E-state index contributed by atoms with van der Waals surface area (Å²) in [5, 5.41) is 23.1. The van der Waals surface area contributed by atoms with Crippen LogP contribution < -0.4 is 10.6 Å². The van der Waals surface area contributed by atoms with Crippen LogP contribution in [0.15, 0.2) is 106 Å². The van der Waals surface area contributed by atoms with E-state index in [1.54, 1.807) is 42.5 Å². The monoisotopic (exact) mass is 682 g/mol. The molecule has 2 unspecified atom stereocenters. The second kappa shape index (κ2) is 15.7. The van der Waals surface area contributed by atoms with Crippen molar-refractivity contribution in [3.05, 3.63) is 117 Å². The summed E-state index contributed by atoms with van der Waals surface area (Å²) in [5.74, 6) is -1.27. The van der Waals surface area contributed by atoms with Gasteiger partial charge in [-0.3, -0.25) is 14.4 Å². The molecule has 48 heavy (non-hydrogen) atoms. The number of carbonyl (C=O) groups excluding carboxylic acids is 3. The zero-order valence-corrected chi connectivity index (χ0v) is 29.1. The maximum atomic E-state index is 12.9. The summed E-state index contributed by atoms with van der Waals surface area (Å²) >= 11 is 13.1. The molecule has 4 rings (SSSR count).